The number of carbonyl (C=O) groups is 1. The second-order valence-electron chi connectivity index (χ2n) is 3.97. The first-order valence-electron chi connectivity index (χ1n) is 5.27. The number of amides is 1. The van der Waals surface area contributed by atoms with Crippen LogP contribution in [0.25, 0.3) is 0 Å². The molecule has 0 aliphatic rings. The number of halogens is 2. The van der Waals surface area contributed by atoms with Gasteiger partial charge in [0.2, 0.25) is 0 Å². The maximum atomic E-state index is 12.1. The minimum absolute atomic E-state index is 0.168. The molecule has 0 spiro atoms. The minimum atomic E-state index is -0.211. The van der Waals surface area contributed by atoms with Gasteiger partial charge in [0.05, 0.1) is 15.0 Å². The molecule has 7 heteroatoms. The fourth-order valence-electron chi connectivity index (χ4n) is 1.53. The highest BCUT2D eigenvalue weighted by Gasteiger charge is 2.16. The van der Waals surface area contributed by atoms with Crippen LogP contribution in [0.15, 0.2) is 22.2 Å². The molecule has 18 heavy (non-hydrogen) atoms. The molecular weight excluding hydrogens is 338 g/mol. The normalized spacial score (nSPS) is 10.9. The smallest absolute Gasteiger partial charge is 0.274 e. The van der Waals surface area contributed by atoms with E-state index in [0.29, 0.717) is 15.8 Å². The van der Waals surface area contributed by atoms with Crippen molar-refractivity contribution in [2.24, 2.45) is 0 Å². The number of rotatable bonds is 3. The third-order valence-corrected chi connectivity index (χ3v) is 3.90. The van der Waals surface area contributed by atoms with Crippen molar-refractivity contribution in [1.82, 2.24) is 9.55 Å². The van der Waals surface area contributed by atoms with Crippen LogP contribution < -0.4 is 5.32 Å². The molecule has 96 valence electrons. The molecule has 0 radical (unpaired) electrons. The number of nitrogens with zero attached hydrogens (tertiary/aromatic N) is 2. The van der Waals surface area contributed by atoms with Crippen molar-refractivity contribution >= 4 is 49.9 Å². The van der Waals surface area contributed by atoms with E-state index in [1.165, 1.54) is 11.3 Å². The summed E-state index contributed by atoms with van der Waals surface area (Å²) in [6.07, 6.45) is 3.40. The number of aromatic nitrogens is 2. The van der Waals surface area contributed by atoms with Crippen molar-refractivity contribution in [3.63, 3.8) is 0 Å². The van der Waals surface area contributed by atoms with Crippen LogP contribution in [0.5, 0.6) is 0 Å². The van der Waals surface area contributed by atoms with Crippen LogP contribution in [-0.4, -0.2) is 15.5 Å². The van der Waals surface area contributed by atoms with Gasteiger partial charge in [0.25, 0.3) is 5.91 Å². The highest BCUT2D eigenvalue weighted by atomic mass is 79.9. The van der Waals surface area contributed by atoms with E-state index in [-0.39, 0.29) is 11.9 Å². The van der Waals surface area contributed by atoms with Crippen molar-refractivity contribution in [3.8, 4) is 0 Å². The molecule has 0 bridgehead atoms. The predicted molar refractivity (Wildman–Crippen MR) is 77.6 cm³/mol. The predicted octanol–water partition coefficient (Wildman–Crippen LogP) is 4.19. The Morgan fingerprint density at radius 1 is 1.61 bits per heavy atom. The molecule has 4 nitrogen and oxygen atoms in total. The lowest BCUT2D eigenvalue weighted by Crippen LogP contribution is -2.17. The molecule has 2 aromatic heterocycles. The Hall–Kier alpha value is -0.850. The van der Waals surface area contributed by atoms with Crippen molar-refractivity contribution in [2.45, 2.75) is 19.9 Å². The average Bonchev–Trinajstić information content (AvgIpc) is 2.85. The van der Waals surface area contributed by atoms with Crippen LogP contribution in [0.3, 0.4) is 0 Å². The van der Waals surface area contributed by atoms with Gasteiger partial charge in [-0.1, -0.05) is 22.9 Å². The van der Waals surface area contributed by atoms with Gasteiger partial charge >= 0.3 is 0 Å². The van der Waals surface area contributed by atoms with E-state index in [0.717, 1.165) is 3.79 Å². The zero-order chi connectivity index (χ0) is 13.3. The molecule has 2 aromatic rings. The summed E-state index contributed by atoms with van der Waals surface area (Å²) in [5.74, 6) is -0.211. The van der Waals surface area contributed by atoms with Crippen LogP contribution in [0.4, 0.5) is 5.13 Å². The van der Waals surface area contributed by atoms with E-state index in [1.807, 2.05) is 18.4 Å². The maximum absolute atomic E-state index is 12.1. The Bertz CT molecular complexity index is 579. The van der Waals surface area contributed by atoms with E-state index in [1.54, 1.807) is 18.5 Å². The summed E-state index contributed by atoms with van der Waals surface area (Å²) >= 11 is 10.6. The first kappa shape index (κ1) is 13.6. The van der Waals surface area contributed by atoms with Gasteiger partial charge in [0.1, 0.15) is 5.69 Å². The Labute approximate surface area is 122 Å². The molecule has 0 aliphatic heterocycles. The third kappa shape index (κ3) is 2.93. The monoisotopic (exact) mass is 347 g/mol. The molecule has 0 aliphatic carbocycles. The van der Waals surface area contributed by atoms with Crippen LogP contribution in [0.2, 0.25) is 5.02 Å². The topological polar surface area (TPSA) is 46.9 Å². The van der Waals surface area contributed by atoms with Gasteiger partial charge in [0, 0.05) is 12.2 Å². The van der Waals surface area contributed by atoms with Crippen LogP contribution in [0.1, 0.15) is 30.4 Å². The summed E-state index contributed by atoms with van der Waals surface area (Å²) in [4.78, 5) is 16.2. The maximum Gasteiger partial charge on any atom is 0.274 e. The number of hydrogen-bond acceptors (Lipinski definition) is 3. The summed E-state index contributed by atoms with van der Waals surface area (Å²) in [6, 6.07) is 1.82. The number of anilines is 1. The lowest BCUT2D eigenvalue weighted by molar-refractivity contribution is 0.101. The molecule has 0 fully saturated rings. The zero-order valence-corrected chi connectivity index (χ0v) is 12.9. The lowest BCUT2D eigenvalue weighted by atomic mass is 10.3. The minimum Gasteiger partial charge on any atom is -0.339 e. The van der Waals surface area contributed by atoms with Crippen LogP contribution in [0, 0.1) is 0 Å². The summed E-state index contributed by atoms with van der Waals surface area (Å²) in [6.45, 7) is 3.99. The molecule has 0 aromatic carbocycles. The van der Waals surface area contributed by atoms with Crippen molar-refractivity contribution in [3.05, 3.63) is 33.0 Å². The number of nitrogens with one attached hydrogen (secondary N) is 1. The van der Waals surface area contributed by atoms with Gasteiger partial charge in [0.15, 0.2) is 5.13 Å². The quantitative estimate of drug-likeness (QED) is 0.904. The summed E-state index contributed by atoms with van der Waals surface area (Å²) in [7, 11) is 0. The molecule has 0 atom stereocenters. The average molecular weight is 349 g/mol. The van der Waals surface area contributed by atoms with Crippen molar-refractivity contribution < 1.29 is 4.79 Å². The lowest BCUT2D eigenvalue weighted by Gasteiger charge is -2.11. The van der Waals surface area contributed by atoms with E-state index < -0.39 is 0 Å². The van der Waals surface area contributed by atoms with Gasteiger partial charge in [-0.05, 0) is 35.8 Å². The first-order valence-corrected chi connectivity index (χ1v) is 7.26. The second kappa shape index (κ2) is 5.42. The summed E-state index contributed by atoms with van der Waals surface area (Å²) < 4.78 is 2.70. The van der Waals surface area contributed by atoms with E-state index >= 15 is 0 Å². The van der Waals surface area contributed by atoms with Crippen LogP contribution in [-0.2, 0) is 0 Å². The van der Waals surface area contributed by atoms with Gasteiger partial charge in [-0.25, -0.2) is 4.98 Å². The molecule has 2 heterocycles. The molecule has 0 saturated heterocycles. The molecule has 1 amide bonds. The zero-order valence-electron chi connectivity index (χ0n) is 9.78. The van der Waals surface area contributed by atoms with E-state index in [2.05, 4.69) is 26.2 Å². The SMILES string of the molecule is CC(C)n1cc(Cl)cc1C(=O)Nc1ncc(Br)s1. The molecular formula is C11H11BrClN3OS. The molecule has 2 rings (SSSR count). The summed E-state index contributed by atoms with van der Waals surface area (Å²) in [5, 5.41) is 3.85. The van der Waals surface area contributed by atoms with Gasteiger partial charge in [-0.3, -0.25) is 10.1 Å². The Kier molecular flexibility index (Phi) is 4.09. The highest BCUT2D eigenvalue weighted by Crippen LogP contribution is 2.25. The molecule has 1 N–H and O–H groups in total. The fourth-order valence-corrected chi connectivity index (χ4v) is 2.84. The Morgan fingerprint density at radius 3 is 2.89 bits per heavy atom. The Balaban J connectivity index is 2.23. The van der Waals surface area contributed by atoms with Crippen molar-refractivity contribution in [2.75, 3.05) is 5.32 Å². The number of thiazole rings is 1. The van der Waals surface area contributed by atoms with Gasteiger partial charge in [-0.2, -0.15) is 0 Å². The largest absolute Gasteiger partial charge is 0.339 e. The summed E-state index contributed by atoms with van der Waals surface area (Å²) in [5.41, 5.74) is 0.529. The van der Waals surface area contributed by atoms with Gasteiger partial charge < -0.3 is 4.57 Å². The number of hydrogen-bond donors (Lipinski definition) is 1. The van der Waals surface area contributed by atoms with Crippen molar-refractivity contribution in [1.29, 1.82) is 0 Å². The highest BCUT2D eigenvalue weighted by molar-refractivity contribution is 9.11. The van der Waals surface area contributed by atoms with Gasteiger partial charge in [-0.15, -0.1) is 0 Å². The van der Waals surface area contributed by atoms with E-state index in [9.17, 15) is 4.79 Å². The van der Waals surface area contributed by atoms with Crippen LogP contribution >= 0.6 is 38.9 Å². The second-order valence-corrected chi connectivity index (χ2v) is 6.81. The number of carbonyl (C=O) groups excluding carboxylic acids is 1. The molecule has 0 unspecified atom stereocenters. The Morgan fingerprint density at radius 2 is 2.33 bits per heavy atom. The first-order chi connectivity index (χ1) is 8.47. The third-order valence-electron chi connectivity index (χ3n) is 2.30. The standard InChI is InChI=1S/C11H11BrClN3OS/c1-6(2)16-5-7(13)3-8(16)10(17)15-11-14-4-9(12)18-11/h3-6H,1-2H3,(H,14,15,17). The van der Waals surface area contributed by atoms with E-state index in [4.69, 9.17) is 11.6 Å². The fraction of sp³-hybridized carbons (Fsp3) is 0.273. The molecule has 0 saturated carbocycles.